The first kappa shape index (κ1) is 14.5. The summed E-state index contributed by atoms with van der Waals surface area (Å²) in [5.41, 5.74) is 0. The van der Waals surface area contributed by atoms with Gasteiger partial charge >= 0.3 is 5.97 Å². The van der Waals surface area contributed by atoms with Crippen molar-refractivity contribution in [2.75, 3.05) is 59.2 Å². The van der Waals surface area contributed by atoms with Crippen molar-refractivity contribution in [1.82, 2.24) is 9.80 Å². The summed E-state index contributed by atoms with van der Waals surface area (Å²) in [6.07, 6.45) is 1.31. The zero-order valence-electron chi connectivity index (χ0n) is 11.3. The average Bonchev–Trinajstić information content (AvgIpc) is 2.49. The predicted molar refractivity (Wildman–Crippen MR) is 69.7 cm³/mol. The van der Waals surface area contributed by atoms with Crippen LogP contribution in [-0.4, -0.2) is 81.1 Å². The molecule has 0 radical (unpaired) electrons. The highest BCUT2D eigenvalue weighted by molar-refractivity contribution is 5.81. The Hall–Kier alpha value is -0.950. The summed E-state index contributed by atoms with van der Waals surface area (Å²) in [6, 6.07) is 0. The monoisotopic (exact) mass is 270 g/mol. The van der Waals surface area contributed by atoms with Crippen LogP contribution in [0.4, 0.5) is 0 Å². The summed E-state index contributed by atoms with van der Waals surface area (Å²) in [5.74, 6) is -0.369. The Labute approximate surface area is 113 Å². The van der Waals surface area contributed by atoms with Gasteiger partial charge in [0.15, 0.2) is 0 Å². The standard InChI is InChI=1S/C13H22N2O4/c1-2-13(16)19-11-12(14-3-7-17-8-4-14)15-5-9-18-10-6-15/h2,12H,1,3-11H2. The van der Waals surface area contributed by atoms with Gasteiger partial charge in [0.1, 0.15) is 6.61 Å². The van der Waals surface area contributed by atoms with E-state index >= 15 is 0 Å². The van der Waals surface area contributed by atoms with Crippen LogP contribution >= 0.6 is 0 Å². The fourth-order valence-corrected chi connectivity index (χ4v) is 2.41. The van der Waals surface area contributed by atoms with Gasteiger partial charge in [0.05, 0.1) is 32.6 Å². The van der Waals surface area contributed by atoms with E-state index in [-0.39, 0.29) is 12.1 Å². The Morgan fingerprint density at radius 1 is 1.11 bits per heavy atom. The maximum Gasteiger partial charge on any atom is 0.330 e. The molecule has 0 aromatic heterocycles. The molecule has 2 aliphatic heterocycles. The van der Waals surface area contributed by atoms with E-state index in [0.717, 1.165) is 52.6 Å². The second-order valence-corrected chi connectivity index (χ2v) is 4.61. The van der Waals surface area contributed by atoms with E-state index in [9.17, 15) is 4.79 Å². The van der Waals surface area contributed by atoms with Gasteiger partial charge in [-0.1, -0.05) is 6.58 Å². The highest BCUT2D eigenvalue weighted by Crippen LogP contribution is 2.12. The van der Waals surface area contributed by atoms with Gasteiger partial charge in [0.25, 0.3) is 0 Å². The number of hydrogen-bond donors (Lipinski definition) is 0. The summed E-state index contributed by atoms with van der Waals surface area (Å²) < 4.78 is 16.0. The van der Waals surface area contributed by atoms with Crippen molar-refractivity contribution < 1.29 is 19.0 Å². The third kappa shape index (κ3) is 4.28. The molecule has 108 valence electrons. The SMILES string of the molecule is C=CC(=O)OCC(N1CCOCC1)N1CCOCC1. The van der Waals surface area contributed by atoms with Crippen LogP contribution in [0.3, 0.4) is 0 Å². The summed E-state index contributed by atoms with van der Waals surface area (Å²) in [5, 5.41) is 0. The fourth-order valence-electron chi connectivity index (χ4n) is 2.41. The Balaban J connectivity index is 1.93. The average molecular weight is 270 g/mol. The molecule has 0 unspecified atom stereocenters. The molecule has 0 aromatic carbocycles. The Kier molecular flexibility index (Phi) is 5.78. The first-order valence-corrected chi connectivity index (χ1v) is 6.74. The van der Waals surface area contributed by atoms with Gasteiger partial charge in [-0.25, -0.2) is 4.79 Å². The van der Waals surface area contributed by atoms with Gasteiger partial charge in [-0.05, 0) is 0 Å². The molecular formula is C13H22N2O4. The molecule has 0 N–H and O–H groups in total. The van der Waals surface area contributed by atoms with Crippen molar-refractivity contribution in [2.45, 2.75) is 6.17 Å². The van der Waals surface area contributed by atoms with Crippen molar-refractivity contribution in [3.8, 4) is 0 Å². The summed E-state index contributed by atoms with van der Waals surface area (Å²) in [7, 11) is 0. The molecule has 0 atom stereocenters. The fraction of sp³-hybridized carbons (Fsp3) is 0.769. The van der Waals surface area contributed by atoms with Crippen LogP contribution in [0.2, 0.25) is 0 Å². The Bertz CT molecular complexity index is 281. The molecule has 0 spiro atoms. The zero-order chi connectivity index (χ0) is 13.5. The molecule has 0 bridgehead atoms. The van der Waals surface area contributed by atoms with E-state index in [1.165, 1.54) is 6.08 Å². The van der Waals surface area contributed by atoms with E-state index in [2.05, 4.69) is 16.4 Å². The molecule has 0 amide bonds. The molecule has 0 aromatic rings. The highest BCUT2D eigenvalue weighted by Gasteiger charge is 2.28. The smallest absolute Gasteiger partial charge is 0.330 e. The van der Waals surface area contributed by atoms with Gasteiger partial charge in [-0.3, -0.25) is 9.80 Å². The summed E-state index contributed by atoms with van der Waals surface area (Å²) in [6.45, 7) is 10.2. The van der Waals surface area contributed by atoms with Gasteiger partial charge < -0.3 is 14.2 Å². The van der Waals surface area contributed by atoms with E-state index in [1.807, 2.05) is 0 Å². The van der Waals surface area contributed by atoms with Crippen LogP contribution in [0.1, 0.15) is 0 Å². The van der Waals surface area contributed by atoms with Crippen LogP contribution < -0.4 is 0 Å². The lowest BCUT2D eigenvalue weighted by atomic mass is 10.3. The van der Waals surface area contributed by atoms with Gasteiger partial charge in [0.2, 0.25) is 0 Å². The maximum atomic E-state index is 11.3. The molecule has 6 heteroatoms. The van der Waals surface area contributed by atoms with E-state index in [4.69, 9.17) is 14.2 Å². The molecule has 0 aliphatic carbocycles. The third-order valence-corrected chi connectivity index (χ3v) is 3.48. The van der Waals surface area contributed by atoms with Crippen LogP contribution in [0, 0.1) is 0 Å². The van der Waals surface area contributed by atoms with Gasteiger partial charge in [-0.15, -0.1) is 0 Å². The lowest BCUT2D eigenvalue weighted by Crippen LogP contribution is -2.57. The molecule has 19 heavy (non-hydrogen) atoms. The first-order chi connectivity index (χ1) is 9.31. The van der Waals surface area contributed by atoms with Gasteiger partial charge in [-0.2, -0.15) is 0 Å². The largest absolute Gasteiger partial charge is 0.459 e. The minimum atomic E-state index is -0.369. The highest BCUT2D eigenvalue weighted by atomic mass is 16.5. The van der Waals surface area contributed by atoms with Crippen molar-refractivity contribution in [3.63, 3.8) is 0 Å². The number of nitrogens with zero attached hydrogens (tertiary/aromatic N) is 2. The summed E-state index contributed by atoms with van der Waals surface area (Å²) >= 11 is 0. The second-order valence-electron chi connectivity index (χ2n) is 4.61. The minimum absolute atomic E-state index is 0.108. The maximum absolute atomic E-state index is 11.3. The van der Waals surface area contributed by atoms with Crippen molar-refractivity contribution >= 4 is 5.97 Å². The Morgan fingerprint density at radius 2 is 1.58 bits per heavy atom. The van der Waals surface area contributed by atoms with E-state index in [0.29, 0.717) is 6.61 Å². The number of carbonyl (C=O) groups excluding carboxylic acids is 1. The van der Waals surface area contributed by atoms with Crippen LogP contribution in [0.5, 0.6) is 0 Å². The van der Waals surface area contributed by atoms with Crippen molar-refractivity contribution in [3.05, 3.63) is 12.7 Å². The first-order valence-electron chi connectivity index (χ1n) is 6.74. The van der Waals surface area contributed by atoms with Crippen molar-refractivity contribution in [1.29, 1.82) is 0 Å². The molecular weight excluding hydrogens is 248 g/mol. The molecule has 2 rings (SSSR count). The lowest BCUT2D eigenvalue weighted by Gasteiger charge is -2.42. The van der Waals surface area contributed by atoms with Crippen LogP contribution in [0.15, 0.2) is 12.7 Å². The zero-order valence-corrected chi connectivity index (χ0v) is 11.3. The molecule has 2 saturated heterocycles. The predicted octanol–water partition coefficient (Wildman–Crippen LogP) is -0.294. The van der Waals surface area contributed by atoms with Crippen LogP contribution in [-0.2, 0) is 19.0 Å². The molecule has 0 saturated carbocycles. The van der Waals surface area contributed by atoms with E-state index in [1.54, 1.807) is 0 Å². The number of esters is 1. The number of rotatable bonds is 5. The topological polar surface area (TPSA) is 51.2 Å². The number of carbonyl (C=O) groups is 1. The number of hydrogen-bond acceptors (Lipinski definition) is 6. The molecule has 2 fully saturated rings. The van der Waals surface area contributed by atoms with E-state index < -0.39 is 0 Å². The lowest BCUT2D eigenvalue weighted by molar-refractivity contribution is -0.145. The normalized spacial score (nSPS) is 22.4. The minimum Gasteiger partial charge on any atom is -0.459 e. The molecule has 2 aliphatic rings. The quantitative estimate of drug-likeness (QED) is 0.505. The van der Waals surface area contributed by atoms with Crippen LogP contribution in [0.25, 0.3) is 0 Å². The number of ether oxygens (including phenoxy) is 3. The Morgan fingerprint density at radius 3 is 2.00 bits per heavy atom. The number of morpholine rings is 2. The molecule has 2 heterocycles. The molecule has 6 nitrogen and oxygen atoms in total. The van der Waals surface area contributed by atoms with Crippen molar-refractivity contribution in [2.24, 2.45) is 0 Å². The van der Waals surface area contributed by atoms with Gasteiger partial charge in [0, 0.05) is 32.3 Å². The third-order valence-electron chi connectivity index (χ3n) is 3.48. The second kappa shape index (κ2) is 7.59. The summed E-state index contributed by atoms with van der Waals surface area (Å²) in [4.78, 5) is 15.9.